The third-order valence-corrected chi connectivity index (χ3v) is 5.02. The average molecular weight is 456 g/mol. The summed E-state index contributed by atoms with van der Waals surface area (Å²) in [6.45, 7) is 3.37. The monoisotopic (exact) mass is 455 g/mol. The topological polar surface area (TPSA) is 88.9 Å². The Kier molecular flexibility index (Phi) is 6.77. The maximum absolute atomic E-state index is 12.6. The lowest BCUT2D eigenvalue weighted by Crippen LogP contribution is -2.33. The summed E-state index contributed by atoms with van der Waals surface area (Å²) >= 11 is 3.40. The molecule has 0 aliphatic carbocycles. The lowest BCUT2D eigenvalue weighted by Gasteiger charge is -2.20. The molecule has 0 bridgehead atoms. The molecule has 3 aromatic rings. The van der Waals surface area contributed by atoms with E-state index < -0.39 is 0 Å². The molecule has 2 aromatic carbocycles. The first kappa shape index (κ1) is 20.7. The maximum atomic E-state index is 12.6. The maximum Gasteiger partial charge on any atom is 0.222 e. The van der Waals surface area contributed by atoms with Crippen molar-refractivity contribution in [3.8, 4) is 5.69 Å². The summed E-state index contributed by atoms with van der Waals surface area (Å²) in [6.07, 6.45) is 3.26. The van der Waals surface area contributed by atoms with E-state index in [0.29, 0.717) is 0 Å². The molecular formula is C21H22BrN5O2. The summed E-state index contributed by atoms with van der Waals surface area (Å²) in [5.41, 5.74) is 2.75. The molecule has 150 valence electrons. The Hall–Kier alpha value is -3.00. The molecule has 0 saturated heterocycles. The van der Waals surface area contributed by atoms with Crippen LogP contribution < -0.4 is 10.6 Å². The van der Waals surface area contributed by atoms with Gasteiger partial charge in [-0.15, -0.1) is 0 Å². The first-order valence-electron chi connectivity index (χ1n) is 9.19. The van der Waals surface area contributed by atoms with Crippen molar-refractivity contribution in [2.24, 2.45) is 0 Å². The number of hydrogen-bond donors (Lipinski definition) is 2. The normalized spacial score (nSPS) is 12.8. The molecule has 0 fully saturated rings. The van der Waals surface area contributed by atoms with Gasteiger partial charge < -0.3 is 10.6 Å². The molecule has 0 aliphatic heterocycles. The molecular weight excluding hydrogens is 434 g/mol. The number of aromatic nitrogens is 3. The highest BCUT2D eigenvalue weighted by Gasteiger charge is 2.19. The van der Waals surface area contributed by atoms with E-state index in [-0.39, 0.29) is 30.3 Å². The van der Waals surface area contributed by atoms with Crippen molar-refractivity contribution >= 4 is 27.7 Å². The van der Waals surface area contributed by atoms with Gasteiger partial charge in [-0.1, -0.05) is 40.2 Å². The predicted molar refractivity (Wildman–Crippen MR) is 113 cm³/mol. The summed E-state index contributed by atoms with van der Waals surface area (Å²) in [5, 5.41) is 9.95. The lowest BCUT2D eigenvalue weighted by atomic mass is 10.0. The first-order valence-corrected chi connectivity index (χ1v) is 9.98. The van der Waals surface area contributed by atoms with Crippen LogP contribution in [0.4, 0.5) is 0 Å². The van der Waals surface area contributed by atoms with E-state index in [4.69, 9.17) is 0 Å². The number of halogens is 1. The smallest absolute Gasteiger partial charge is 0.222 e. The second-order valence-corrected chi connectivity index (χ2v) is 7.65. The van der Waals surface area contributed by atoms with Gasteiger partial charge in [0.1, 0.15) is 12.7 Å². The van der Waals surface area contributed by atoms with Crippen LogP contribution in [0.25, 0.3) is 5.69 Å². The average Bonchev–Trinajstić information content (AvgIpc) is 3.22. The Labute approximate surface area is 177 Å². The minimum Gasteiger partial charge on any atom is -0.350 e. The molecule has 7 nitrogen and oxygen atoms in total. The number of rotatable bonds is 7. The zero-order valence-corrected chi connectivity index (χ0v) is 17.8. The van der Waals surface area contributed by atoms with Crippen LogP contribution in [0, 0.1) is 0 Å². The zero-order chi connectivity index (χ0) is 20.8. The highest BCUT2D eigenvalue weighted by molar-refractivity contribution is 9.10. The molecule has 2 N–H and O–H groups in total. The summed E-state index contributed by atoms with van der Waals surface area (Å²) in [7, 11) is 0. The lowest BCUT2D eigenvalue weighted by molar-refractivity contribution is -0.123. The summed E-state index contributed by atoms with van der Waals surface area (Å²) < 4.78 is 2.61. The van der Waals surface area contributed by atoms with Crippen LogP contribution in [0.5, 0.6) is 0 Å². The Balaban J connectivity index is 1.64. The van der Waals surface area contributed by atoms with Crippen LogP contribution in [0.1, 0.15) is 43.5 Å². The molecule has 2 unspecified atom stereocenters. The van der Waals surface area contributed by atoms with Gasteiger partial charge in [-0.05, 0) is 42.3 Å². The van der Waals surface area contributed by atoms with Gasteiger partial charge in [0.05, 0.1) is 24.2 Å². The standard InChI is InChI=1S/C21H22BrN5O2/c1-14(16-5-9-19(10-6-16)27-13-23-12-24-27)25-21(29)11-20(26-15(2)28)17-3-7-18(22)8-4-17/h3-10,12-14,20H,11H2,1-2H3,(H,25,29)(H,26,28). The number of hydrogen-bond acceptors (Lipinski definition) is 4. The van der Waals surface area contributed by atoms with Crippen LogP contribution in [-0.4, -0.2) is 26.6 Å². The Morgan fingerprint density at radius 2 is 1.69 bits per heavy atom. The third kappa shape index (κ3) is 5.74. The fourth-order valence-electron chi connectivity index (χ4n) is 3.02. The fourth-order valence-corrected chi connectivity index (χ4v) is 3.28. The quantitative estimate of drug-likeness (QED) is 0.570. The number of benzene rings is 2. The van der Waals surface area contributed by atoms with Gasteiger partial charge >= 0.3 is 0 Å². The Morgan fingerprint density at radius 3 is 2.28 bits per heavy atom. The molecule has 2 amide bonds. The van der Waals surface area contributed by atoms with E-state index >= 15 is 0 Å². The van der Waals surface area contributed by atoms with Gasteiger partial charge in [-0.25, -0.2) is 9.67 Å². The van der Waals surface area contributed by atoms with Crippen LogP contribution in [0.3, 0.4) is 0 Å². The van der Waals surface area contributed by atoms with Crippen molar-refractivity contribution in [3.63, 3.8) is 0 Å². The third-order valence-electron chi connectivity index (χ3n) is 4.49. The van der Waals surface area contributed by atoms with Crippen LogP contribution in [0.2, 0.25) is 0 Å². The van der Waals surface area contributed by atoms with E-state index in [0.717, 1.165) is 21.3 Å². The van der Waals surface area contributed by atoms with E-state index in [2.05, 4.69) is 36.6 Å². The van der Waals surface area contributed by atoms with E-state index in [1.807, 2.05) is 55.5 Å². The van der Waals surface area contributed by atoms with Gasteiger partial charge in [0.25, 0.3) is 0 Å². The largest absolute Gasteiger partial charge is 0.350 e. The Bertz CT molecular complexity index is 956. The molecule has 0 radical (unpaired) electrons. The Morgan fingerprint density at radius 1 is 1.03 bits per heavy atom. The van der Waals surface area contributed by atoms with Crippen molar-refractivity contribution in [2.75, 3.05) is 0 Å². The first-order chi connectivity index (χ1) is 13.9. The summed E-state index contributed by atoms with van der Waals surface area (Å²) in [5.74, 6) is -0.318. The van der Waals surface area contributed by atoms with Gasteiger partial charge in [0.15, 0.2) is 0 Å². The zero-order valence-electron chi connectivity index (χ0n) is 16.2. The van der Waals surface area contributed by atoms with Crippen molar-refractivity contribution < 1.29 is 9.59 Å². The second kappa shape index (κ2) is 9.47. The van der Waals surface area contributed by atoms with Crippen molar-refractivity contribution in [3.05, 3.63) is 76.8 Å². The number of amides is 2. The molecule has 3 rings (SSSR count). The van der Waals surface area contributed by atoms with Crippen LogP contribution >= 0.6 is 15.9 Å². The molecule has 0 aliphatic rings. The minimum absolute atomic E-state index is 0.139. The summed E-state index contributed by atoms with van der Waals surface area (Å²) in [4.78, 5) is 28.1. The summed E-state index contributed by atoms with van der Waals surface area (Å²) in [6, 6.07) is 14.8. The highest BCUT2D eigenvalue weighted by atomic mass is 79.9. The van der Waals surface area contributed by atoms with Crippen LogP contribution in [0.15, 0.2) is 65.7 Å². The van der Waals surface area contributed by atoms with E-state index in [1.54, 1.807) is 11.0 Å². The molecule has 29 heavy (non-hydrogen) atoms. The second-order valence-electron chi connectivity index (χ2n) is 6.73. The molecule has 1 aromatic heterocycles. The predicted octanol–water partition coefficient (Wildman–Crippen LogP) is 3.47. The van der Waals surface area contributed by atoms with E-state index in [1.165, 1.54) is 13.3 Å². The molecule has 2 atom stereocenters. The molecule has 0 spiro atoms. The van der Waals surface area contributed by atoms with Gasteiger partial charge in [-0.2, -0.15) is 5.10 Å². The van der Waals surface area contributed by atoms with E-state index in [9.17, 15) is 9.59 Å². The van der Waals surface area contributed by atoms with Crippen molar-refractivity contribution in [2.45, 2.75) is 32.4 Å². The number of nitrogens with zero attached hydrogens (tertiary/aromatic N) is 3. The number of nitrogens with one attached hydrogen (secondary N) is 2. The molecule has 0 saturated carbocycles. The van der Waals surface area contributed by atoms with Gasteiger partial charge in [0, 0.05) is 11.4 Å². The van der Waals surface area contributed by atoms with Crippen molar-refractivity contribution in [1.29, 1.82) is 0 Å². The highest BCUT2D eigenvalue weighted by Crippen LogP contribution is 2.21. The minimum atomic E-state index is -0.387. The van der Waals surface area contributed by atoms with Crippen LogP contribution in [-0.2, 0) is 9.59 Å². The molecule has 1 heterocycles. The number of carbonyl (C=O) groups excluding carboxylic acids is 2. The van der Waals surface area contributed by atoms with Gasteiger partial charge in [0.2, 0.25) is 11.8 Å². The molecule has 8 heteroatoms. The van der Waals surface area contributed by atoms with Gasteiger partial charge in [-0.3, -0.25) is 9.59 Å². The SMILES string of the molecule is CC(=O)NC(CC(=O)NC(C)c1ccc(-n2cncn2)cc1)c1ccc(Br)cc1. The fraction of sp³-hybridized carbons (Fsp3) is 0.238. The number of carbonyl (C=O) groups is 2. The van der Waals surface area contributed by atoms with Crippen molar-refractivity contribution in [1.82, 2.24) is 25.4 Å².